The Morgan fingerprint density at radius 1 is 1.11 bits per heavy atom. The topological polar surface area (TPSA) is 50.9 Å². The predicted octanol–water partition coefficient (Wildman–Crippen LogP) is 3.77. The average Bonchev–Trinajstić information content (AvgIpc) is 2.28. The summed E-state index contributed by atoms with van der Waals surface area (Å²) in [7, 11) is 0. The Morgan fingerprint density at radius 3 is 2.28 bits per heavy atom. The molecule has 92 valence electrons. The van der Waals surface area contributed by atoms with Gasteiger partial charge in [-0.15, -0.1) is 0 Å². The highest BCUT2D eigenvalue weighted by Crippen LogP contribution is 2.24. The monoisotopic (exact) mass is 297 g/mol. The molecule has 0 radical (unpaired) electrons. The van der Waals surface area contributed by atoms with E-state index in [1.54, 1.807) is 30.5 Å². The molecule has 6 heteroatoms. The van der Waals surface area contributed by atoms with Gasteiger partial charge in [0.2, 0.25) is 0 Å². The summed E-state index contributed by atoms with van der Waals surface area (Å²) in [5.74, 6) is 0. The lowest BCUT2D eigenvalue weighted by atomic mass is 10.3. The number of thiocarbonyl (C=S) groups is 1. The van der Waals surface area contributed by atoms with E-state index < -0.39 is 0 Å². The van der Waals surface area contributed by atoms with Gasteiger partial charge in [-0.05, 0) is 30.3 Å². The van der Waals surface area contributed by atoms with Crippen molar-refractivity contribution in [1.82, 2.24) is 4.98 Å². The minimum absolute atomic E-state index is 0.271. The van der Waals surface area contributed by atoms with Crippen LogP contribution in [0.4, 0.5) is 11.4 Å². The van der Waals surface area contributed by atoms with Crippen molar-refractivity contribution in [3.8, 4) is 0 Å². The van der Waals surface area contributed by atoms with Crippen molar-refractivity contribution in [1.29, 1.82) is 0 Å². The van der Waals surface area contributed by atoms with E-state index in [1.165, 1.54) is 0 Å². The van der Waals surface area contributed by atoms with Gasteiger partial charge in [-0.3, -0.25) is 4.98 Å². The molecule has 1 aromatic carbocycles. The van der Waals surface area contributed by atoms with Crippen molar-refractivity contribution < 1.29 is 0 Å². The Bertz CT molecular complexity index is 564. The molecule has 3 N–H and O–H groups in total. The predicted molar refractivity (Wildman–Crippen MR) is 79.9 cm³/mol. The van der Waals surface area contributed by atoms with E-state index in [4.69, 9.17) is 41.2 Å². The summed E-state index contributed by atoms with van der Waals surface area (Å²) in [5.41, 5.74) is 7.64. The molecule has 0 bridgehead atoms. The van der Waals surface area contributed by atoms with Crippen LogP contribution in [0.15, 0.2) is 36.5 Å². The molecule has 0 saturated heterocycles. The van der Waals surface area contributed by atoms with Gasteiger partial charge in [0, 0.05) is 15.7 Å². The number of nitrogens with zero attached hydrogens (tertiary/aromatic N) is 1. The molecule has 0 saturated carbocycles. The van der Waals surface area contributed by atoms with E-state index in [1.807, 2.05) is 6.07 Å². The number of aromatic nitrogens is 1. The van der Waals surface area contributed by atoms with Gasteiger partial charge in [-0.1, -0.05) is 35.4 Å². The van der Waals surface area contributed by atoms with E-state index in [0.29, 0.717) is 15.7 Å². The van der Waals surface area contributed by atoms with Crippen LogP contribution >= 0.6 is 35.4 Å². The second kappa shape index (κ2) is 5.52. The maximum atomic E-state index is 5.91. The van der Waals surface area contributed by atoms with E-state index in [-0.39, 0.29) is 4.99 Å². The number of halogens is 2. The average molecular weight is 298 g/mol. The van der Waals surface area contributed by atoms with Crippen LogP contribution in [-0.2, 0) is 0 Å². The van der Waals surface area contributed by atoms with Gasteiger partial charge in [0.1, 0.15) is 4.99 Å². The number of nitrogens with two attached hydrogens (primary N) is 1. The zero-order valence-electron chi connectivity index (χ0n) is 9.15. The van der Waals surface area contributed by atoms with Gasteiger partial charge >= 0.3 is 0 Å². The first-order valence-corrected chi connectivity index (χ1v) is 6.20. The largest absolute Gasteiger partial charge is 0.388 e. The summed E-state index contributed by atoms with van der Waals surface area (Å²) < 4.78 is 0. The molecule has 0 aliphatic heterocycles. The van der Waals surface area contributed by atoms with Crippen LogP contribution in [0.1, 0.15) is 5.69 Å². The molecule has 0 aliphatic rings. The molecular formula is C12H9Cl2N3S. The van der Waals surface area contributed by atoms with Gasteiger partial charge < -0.3 is 11.1 Å². The Balaban J connectivity index is 2.20. The van der Waals surface area contributed by atoms with Gasteiger partial charge in [0.25, 0.3) is 0 Å². The SMILES string of the molecule is NC(=S)c1ccc(Nc2cc(Cl)cc(Cl)c2)cn1. The zero-order chi connectivity index (χ0) is 13.1. The molecule has 2 aromatic rings. The third kappa shape index (κ3) is 3.32. The summed E-state index contributed by atoms with van der Waals surface area (Å²) >= 11 is 16.6. The van der Waals surface area contributed by atoms with Crippen LogP contribution in [-0.4, -0.2) is 9.97 Å². The number of anilines is 2. The maximum Gasteiger partial charge on any atom is 0.122 e. The lowest BCUT2D eigenvalue weighted by Crippen LogP contribution is -2.11. The first kappa shape index (κ1) is 13.1. The Morgan fingerprint density at radius 2 is 1.78 bits per heavy atom. The van der Waals surface area contributed by atoms with Gasteiger partial charge in [0.15, 0.2) is 0 Å². The first-order valence-electron chi connectivity index (χ1n) is 5.03. The quantitative estimate of drug-likeness (QED) is 0.847. The van der Waals surface area contributed by atoms with Crippen molar-refractivity contribution in [2.45, 2.75) is 0 Å². The highest BCUT2D eigenvalue weighted by Gasteiger charge is 2.01. The molecule has 0 spiro atoms. The Labute approximate surface area is 120 Å². The standard InChI is InChI=1S/C12H9Cl2N3S/c13-7-3-8(14)5-10(4-7)17-9-1-2-11(12(15)18)16-6-9/h1-6,17H,(H2,15,18). The Hall–Kier alpha value is -1.36. The zero-order valence-corrected chi connectivity index (χ0v) is 11.5. The smallest absolute Gasteiger partial charge is 0.122 e. The van der Waals surface area contributed by atoms with E-state index >= 15 is 0 Å². The van der Waals surface area contributed by atoms with Crippen molar-refractivity contribution in [2.75, 3.05) is 5.32 Å². The molecule has 0 atom stereocenters. The minimum atomic E-state index is 0.271. The summed E-state index contributed by atoms with van der Waals surface area (Å²) in [6.07, 6.45) is 1.64. The third-order valence-corrected chi connectivity index (χ3v) is 2.81. The molecule has 2 rings (SSSR count). The first-order chi connectivity index (χ1) is 8.54. The summed E-state index contributed by atoms with van der Waals surface area (Å²) in [6, 6.07) is 8.79. The van der Waals surface area contributed by atoms with Crippen LogP contribution in [0.5, 0.6) is 0 Å². The molecule has 0 aliphatic carbocycles. The van der Waals surface area contributed by atoms with Crippen LogP contribution in [0.25, 0.3) is 0 Å². The lowest BCUT2D eigenvalue weighted by Gasteiger charge is -2.07. The van der Waals surface area contributed by atoms with Crippen LogP contribution in [0.2, 0.25) is 10.0 Å². The van der Waals surface area contributed by atoms with Crippen molar-refractivity contribution in [3.63, 3.8) is 0 Å². The van der Waals surface area contributed by atoms with Gasteiger partial charge in [-0.25, -0.2) is 0 Å². The number of hydrogen-bond acceptors (Lipinski definition) is 3. The summed E-state index contributed by atoms with van der Waals surface area (Å²) in [5, 5.41) is 4.27. The lowest BCUT2D eigenvalue weighted by molar-refractivity contribution is 1.29. The van der Waals surface area contributed by atoms with E-state index in [0.717, 1.165) is 11.4 Å². The van der Waals surface area contributed by atoms with E-state index in [2.05, 4.69) is 10.3 Å². The molecule has 18 heavy (non-hydrogen) atoms. The van der Waals surface area contributed by atoms with Crippen molar-refractivity contribution in [2.24, 2.45) is 5.73 Å². The minimum Gasteiger partial charge on any atom is -0.388 e. The van der Waals surface area contributed by atoms with Crippen molar-refractivity contribution >= 4 is 51.8 Å². The van der Waals surface area contributed by atoms with Crippen LogP contribution in [0, 0.1) is 0 Å². The van der Waals surface area contributed by atoms with Crippen LogP contribution < -0.4 is 11.1 Å². The fourth-order valence-electron chi connectivity index (χ4n) is 1.41. The van der Waals surface area contributed by atoms with Gasteiger partial charge in [-0.2, -0.15) is 0 Å². The molecular weight excluding hydrogens is 289 g/mol. The molecule has 1 aromatic heterocycles. The maximum absolute atomic E-state index is 5.91. The van der Waals surface area contributed by atoms with Gasteiger partial charge in [0.05, 0.1) is 17.6 Å². The molecule has 0 fully saturated rings. The van der Waals surface area contributed by atoms with E-state index in [9.17, 15) is 0 Å². The number of benzene rings is 1. The Kier molecular flexibility index (Phi) is 4.01. The second-order valence-corrected chi connectivity index (χ2v) is 4.89. The van der Waals surface area contributed by atoms with Crippen molar-refractivity contribution in [3.05, 3.63) is 52.3 Å². The second-order valence-electron chi connectivity index (χ2n) is 3.58. The number of pyridine rings is 1. The molecule has 0 unspecified atom stereocenters. The summed E-state index contributed by atoms with van der Waals surface area (Å²) in [6.45, 7) is 0. The molecule has 1 heterocycles. The number of nitrogens with one attached hydrogen (secondary N) is 1. The fraction of sp³-hybridized carbons (Fsp3) is 0. The number of hydrogen-bond donors (Lipinski definition) is 2. The molecule has 3 nitrogen and oxygen atoms in total. The highest BCUT2D eigenvalue weighted by molar-refractivity contribution is 7.80. The normalized spacial score (nSPS) is 10.1. The summed E-state index contributed by atoms with van der Waals surface area (Å²) in [4.78, 5) is 4.40. The van der Waals surface area contributed by atoms with Crippen LogP contribution in [0.3, 0.4) is 0 Å². The molecule has 0 amide bonds. The highest BCUT2D eigenvalue weighted by atomic mass is 35.5. The number of rotatable bonds is 3. The third-order valence-electron chi connectivity index (χ3n) is 2.17. The fourth-order valence-corrected chi connectivity index (χ4v) is 2.05.